The van der Waals surface area contributed by atoms with Crippen LogP contribution >= 0.6 is 39.0 Å². The smallest absolute Gasteiger partial charge is 0.249 e. The molecule has 1 N–H and O–H groups in total. The molecule has 1 aromatic heterocycles. The molecule has 2 atom stereocenters. The molecule has 0 aliphatic carbocycles. The van der Waals surface area contributed by atoms with Gasteiger partial charge in [0.1, 0.15) is 6.04 Å². The van der Waals surface area contributed by atoms with Gasteiger partial charge in [0.15, 0.2) is 5.13 Å². The van der Waals surface area contributed by atoms with Gasteiger partial charge in [0.25, 0.3) is 0 Å². The fourth-order valence-corrected chi connectivity index (χ4v) is 6.00. The first kappa shape index (κ1) is 18.0. The van der Waals surface area contributed by atoms with E-state index in [9.17, 15) is 9.59 Å². The van der Waals surface area contributed by atoms with Crippen LogP contribution < -0.4 is 5.32 Å². The Morgan fingerprint density at radius 3 is 2.96 bits per heavy atom. The zero-order chi connectivity index (χ0) is 18.3. The number of hydrogen-bond acceptors (Lipinski definition) is 5. The van der Waals surface area contributed by atoms with Gasteiger partial charge in [0.2, 0.25) is 11.8 Å². The van der Waals surface area contributed by atoms with Crippen molar-refractivity contribution in [3.05, 3.63) is 45.4 Å². The van der Waals surface area contributed by atoms with Crippen molar-refractivity contribution in [1.29, 1.82) is 0 Å². The number of nitrogens with one attached hydrogen (secondary N) is 1. The topological polar surface area (TPSA) is 62.3 Å². The largest absolute Gasteiger partial charge is 0.315 e. The fourth-order valence-electron chi connectivity index (χ4n) is 3.45. The molecule has 5 nitrogen and oxygen atoms in total. The Labute approximate surface area is 168 Å². The highest BCUT2D eigenvalue weighted by molar-refractivity contribution is 9.10. The van der Waals surface area contributed by atoms with Crippen LogP contribution in [0.25, 0.3) is 0 Å². The van der Waals surface area contributed by atoms with Crippen molar-refractivity contribution in [3.8, 4) is 0 Å². The number of aromatic nitrogens is 1. The molecule has 2 amide bonds. The van der Waals surface area contributed by atoms with E-state index < -0.39 is 6.04 Å². The number of benzene rings is 1. The third-order valence-electron chi connectivity index (χ3n) is 4.82. The van der Waals surface area contributed by atoms with Crippen LogP contribution in [0.3, 0.4) is 0 Å². The maximum atomic E-state index is 12.7. The molecule has 0 radical (unpaired) electrons. The predicted octanol–water partition coefficient (Wildman–Crippen LogP) is 3.89. The average molecular weight is 452 g/mol. The van der Waals surface area contributed by atoms with Gasteiger partial charge in [-0.3, -0.25) is 9.59 Å². The molecule has 26 heavy (non-hydrogen) atoms. The number of nitrogens with zero attached hydrogens (tertiary/aromatic N) is 2. The van der Waals surface area contributed by atoms with Crippen molar-refractivity contribution in [2.24, 2.45) is 0 Å². The molecule has 136 valence electrons. The van der Waals surface area contributed by atoms with Gasteiger partial charge >= 0.3 is 0 Å². The van der Waals surface area contributed by atoms with Crippen molar-refractivity contribution in [3.63, 3.8) is 0 Å². The number of anilines is 1. The van der Waals surface area contributed by atoms with Crippen molar-refractivity contribution < 1.29 is 9.59 Å². The van der Waals surface area contributed by atoms with Crippen LogP contribution in [0.2, 0.25) is 0 Å². The fraction of sp³-hybridized carbons (Fsp3) is 0.389. The van der Waals surface area contributed by atoms with E-state index in [4.69, 9.17) is 0 Å². The number of amides is 2. The molecule has 0 spiro atoms. The second-order valence-corrected chi connectivity index (χ2v) is 10.2. The Kier molecular flexibility index (Phi) is 4.83. The summed E-state index contributed by atoms with van der Waals surface area (Å²) in [4.78, 5) is 31.8. The molecule has 2 aliphatic rings. The van der Waals surface area contributed by atoms with Crippen LogP contribution in [0.4, 0.5) is 5.13 Å². The standard InChI is InChI=1S/C18H18BrN3O2S2/c1-18-7-6-15(23)22(18)14(10-25-18)16(24)21-17-20-9-13(26-17)8-11-2-4-12(19)5-3-11/h2-5,9,14H,6-8,10H2,1H3,(H,20,21,24)/t14-,18-/m0/s1. The number of thiazole rings is 1. The minimum Gasteiger partial charge on any atom is -0.315 e. The van der Waals surface area contributed by atoms with Crippen molar-refractivity contribution in [1.82, 2.24) is 9.88 Å². The van der Waals surface area contributed by atoms with E-state index in [0.29, 0.717) is 17.3 Å². The SMILES string of the molecule is C[C@]12CCC(=O)N1[C@H](C(=O)Nc1ncc(Cc3ccc(Br)cc3)s1)CS2. The second-order valence-electron chi connectivity index (χ2n) is 6.69. The average Bonchev–Trinajstić information content (AvgIpc) is 3.26. The van der Waals surface area contributed by atoms with Gasteiger partial charge in [0.05, 0.1) is 4.87 Å². The zero-order valence-corrected chi connectivity index (χ0v) is 17.4. The number of carbonyl (C=O) groups is 2. The van der Waals surface area contributed by atoms with Crippen molar-refractivity contribution in [2.75, 3.05) is 11.1 Å². The van der Waals surface area contributed by atoms with Crippen LogP contribution in [-0.4, -0.2) is 38.4 Å². The van der Waals surface area contributed by atoms with E-state index in [1.54, 1.807) is 22.9 Å². The summed E-state index contributed by atoms with van der Waals surface area (Å²) in [7, 11) is 0. The van der Waals surface area contributed by atoms with Gasteiger partial charge in [-0.2, -0.15) is 0 Å². The molecule has 2 aromatic rings. The van der Waals surface area contributed by atoms with Gasteiger partial charge in [-0.15, -0.1) is 23.1 Å². The summed E-state index contributed by atoms with van der Waals surface area (Å²) in [5, 5.41) is 3.49. The molecule has 4 rings (SSSR count). The summed E-state index contributed by atoms with van der Waals surface area (Å²) >= 11 is 6.61. The molecule has 1 aromatic carbocycles. The molecule has 2 saturated heterocycles. The lowest BCUT2D eigenvalue weighted by molar-refractivity contribution is -0.135. The third kappa shape index (κ3) is 3.42. The van der Waals surface area contributed by atoms with E-state index in [-0.39, 0.29) is 16.7 Å². The Morgan fingerprint density at radius 1 is 1.42 bits per heavy atom. The first-order valence-corrected chi connectivity index (χ1v) is 11.0. The Morgan fingerprint density at radius 2 is 2.19 bits per heavy atom. The zero-order valence-electron chi connectivity index (χ0n) is 14.2. The number of thioether (sulfide) groups is 1. The van der Waals surface area contributed by atoms with E-state index in [1.165, 1.54) is 16.9 Å². The van der Waals surface area contributed by atoms with Crippen LogP contribution in [0, 0.1) is 0 Å². The first-order chi connectivity index (χ1) is 12.4. The molecule has 8 heteroatoms. The molecule has 0 saturated carbocycles. The molecule has 0 bridgehead atoms. The highest BCUT2D eigenvalue weighted by Crippen LogP contribution is 2.47. The summed E-state index contributed by atoms with van der Waals surface area (Å²) in [6.45, 7) is 2.05. The number of hydrogen-bond donors (Lipinski definition) is 1. The van der Waals surface area contributed by atoms with E-state index >= 15 is 0 Å². The summed E-state index contributed by atoms with van der Waals surface area (Å²) < 4.78 is 1.05. The summed E-state index contributed by atoms with van der Waals surface area (Å²) in [6, 6.07) is 7.76. The lowest BCUT2D eigenvalue weighted by Gasteiger charge is -2.29. The van der Waals surface area contributed by atoms with E-state index in [2.05, 4.69) is 45.3 Å². The van der Waals surface area contributed by atoms with Gasteiger partial charge in [-0.05, 0) is 31.0 Å². The molecular weight excluding hydrogens is 434 g/mol. The number of carbonyl (C=O) groups excluding carboxylic acids is 2. The van der Waals surface area contributed by atoms with E-state index in [0.717, 1.165) is 22.2 Å². The summed E-state index contributed by atoms with van der Waals surface area (Å²) in [6.07, 6.45) is 3.93. The van der Waals surface area contributed by atoms with Crippen LogP contribution in [0.5, 0.6) is 0 Å². The highest BCUT2D eigenvalue weighted by atomic mass is 79.9. The van der Waals surface area contributed by atoms with Crippen LogP contribution in [0.1, 0.15) is 30.2 Å². The molecule has 3 heterocycles. The number of rotatable bonds is 4. The quantitative estimate of drug-likeness (QED) is 0.765. The summed E-state index contributed by atoms with van der Waals surface area (Å²) in [5.74, 6) is 0.583. The monoisotopic (exact) mass is 451 g/mol. The highest BCUT2D eigenvalue weighted by Gasteiger charge is 2.52. The molecule has 0 unspecified atom stereocenters. The minimum absolute atomic E-state index is 0.0766. The van der Waals surface area contributed by atoms with Crippen molar-refractivity contribution >= 4 is 56.0 Å². The third-order valence-corrected chi connectivity index (χ3v) is 7.77. The summed E-state index contributed by atoms with van der Waals surface area (Å²) in [5.41, 5.74) is 1.19. The molecule has 2 aliphatic heterocycles. The Hall–Kier alpha value is -1.38. The maximum Gasteiger partial charge on any atom is 0.249 e. The minimum atomic E-state index is -0.404. The lowest BCUT2D eigenvalue weighted by Crippen LogP contribution is -2.48. The predicted molar refractivity (Wildman–Crippen MR) is 108 cm³/mol. The Bertz CT molecular complexity index is 854. The lowest BCUT2D eigenvalue weighted by atomic mass is 10.1. The number of fused-ring (bicyclic) bond motifs is 1. The van der Waals surface area contributed by atoms with Gasteiger partial charge < -0.3 is 10.2 Å². The molecular formula is C18H18BrN3O2S2. The van der Waals surface area contributed by atoms with Gasteiger partial charge in [-0.25, -0.2) is 4.98 Å². The number of halogens is 1. The first-order valence-electron chi connectivity index (χ1n) is 8.41. The maximum absolute atomic E-state index is 12.7. The second kappa shape index (κ2) is 6.98. The van der Waals surface area contributed by atoms with Gasteiger partial charge in [-0.1, -0.05) is 28.1 Å². The van der Waals surface area contributed by atoms with Gasteiger partial charge in [0, 0.05) is 34.1 Å². The normalized spacial score (nSPS) is 24.8. The Balaban J connectivity index is 1.42. The van der Waals surface area contributed by atoms with Crippen molar-refractivity contribution in [2.45, 2.75) is 37.1 Å². The molecule has 2 fully saturated rings. The van der Waals surface area contributed by atoms with Crippen LogP contribution in [-0.2, 0) is 16.0 Å². The van der Waals surface area contributed by atoms with E-state index in [1.807, 2.05) is 12.1 Å². The van der Waals surface area contributed by atoms with Crippen LogP contribution in [0.15, 0.2) is 34.9 Å².